The van der Waals surface area contributed by atoms with Crippen molar-refractivity contribution in [3.63, 3.8) is 0 Å². The Bertz CT molecular complexity index is 1900. The maximum absolute atomic E-state index is 14.0. The Labute approximate surface area is 293 Å². The summed E-state index contributed by atoms with van der Waals surface area (Å²) >= 11 is 9.41. The lowest BCUT2D eigenvalue weighted by Crippen LogP contribution is -2.39. The molecule has 0 saturated heterocycles. The number of hydrogen-bond acceptors (Lipinski definition) is 8. The van der Waals surface area contributed by atoms with E-state index in [1.54, 1.807) is 12.1 Å². The summed E-state index contributed by atoms with van der Waals surface area (Å²) in [6.07, 6.45) is 3.30. The van der Waals surface area contributed by atoms with Crippen LogP contribution >= 0.6 is 72.4 Å². The molecule has 1 atom stereocenters. The second-order valence-corrected chi connectivity index (χ2v) is 13.7. The van der Waals surface area contributed by atoms with Crippen molar-refractivity contribution in [1.29, 1.82) is 0 Å². The predicted octanol–water partition coefficient (Wildman–Crippen LogP) is 6.37. The van der Waals surface area contributed by atoms with Gasteiger partial charge in [0.05, 0.1) is 44.5 Å². The fourth-order valence-electron chi connectivity index (χ4n) is 4.68. The molecule has 44 heavy (non-hydrogen) atoms. The zero-order valence-corrected chi connectivity index (χ0v) is 30.7. The lowest BCUT2D eigenvalue weighted by molar-refractivity contribution is -0.136. The summed E-state index contributed by atoms with van der Waals surface area (Å²) < 4.78 is 27.6. The van der Waals surface area contributed by atoms with Gasteiger partial charge in [0, 0.05) is 9.77 Å². The van der Waals surface area contributed by atoms with Crippen molar-refractivity contribution >= 4 is 84.5 Å². The molecule has 1 aromatic heterocycles. The van der Waals surface area contributed by atoms with Gasteiger partial charge in [0.2, 0.25) is 0 Å². The van der Waals surface area contributed by atoms with Gasteiger partial charge in [-0.1, -0.05) is 29.5 Å². The number of halogens is 3. The molecular formula is C32H27BrI2N2O6S. The normalized spacial score (nSPS) is 14.4. The molecule has 4 aromatic rings. The minimum Gasteiger partial charge on any atom is -0.490 e. The monoisotopic (exact) mass is 900 g/mol. The Morgan fingerprint density at radius 3 is 2.43 bits per heavy atom. The second-order valence-electron chi connectivity index (χ2n) is 9.48. The lowest BCUT2D eigenvalue weighted by Gasteiger charge is -2.23. The Balaban J connectivity index is 1.54. The number of hydrogen-bond donors (Lipinski definition) is 0. The number of rotatable bonds is 10. The number of fused-ring (bicyclic) bond motifs is 1. The van der Waals surface area contributed by atoms with Crippen LogP contribution in [-0.4, -0.2) is 30.9 Å². The first kappa shape index (κ1) is 32.7. The molecule has 8 nitrogen and oxygen atoms in total. The van der Waals surface area contributed by atoms with Crippen LogP contribution in [0.1, 0.15) is 36.6 Å². The largest absolute Gasteiger partial charge is 0.490 e. The van der Waals surface area contributed by atoms with Crippen LogP contribution < -0.4 is 29.1 Å². The first-order valence-electron chi connectivity index (χ1n) is 13.6. The van der Waals surface area contributed by atoms with E-state index in [2.05, 4.69) is 66.1 Å². The third kappa shape index (κ3) is 7.07. The zero-order chi connectivity index (χ0) is 31.4. The maximum Gasteiger partial charge on any atom is 0.337 e. The average molecular weight is 901 g/mol. The molecule has 0 amide bonds. The van der Waals surface area contributed by atoms with Gasteiger partial charge >= 0.3 is 5.97 Å². The highest BCUT2D eigenvalue weighted by Gasteiger charge is 2.31. The molecule has 5 rings (SSSR count). The number of carbonyl (C=O) groups is 1. The summed E-state index contributed by atoms with van der Waals surface area (Å²) in [6, 6.07) is 16.7. The van der Waals surface area contributed by atoms with Crippen LogP contribution in [-0.2, 0) is 16.1 Å². The molecule has 228 valence electrons. The summed E-state index contributed by atoms with van der Waals surface area (Å²) in [5, 5.41) is 0. The highest BCUT2D eigenvalue weighted by Crippen LogP contribution is 2.35. The molecule has 0 fully saturated rings. The van der Waals surface area contributed by atoms with Crippen molar-refractivity contribution in [2.75, 3.05) is 20.3 Å². The summed E-state index contributed by atoms with van der Waals surface area (Å²) in [6.45, 7) is 5.10. The topological polar surface area (TPSA) is 88.4 Å². The number of ether oxygens (including phenoxy) is 4. The van der Waals surface area contributed by atoms with Crippen LogP contribution in [0.3, 0.4) is 0 Å². The van der Waals surface area contributed by atoms with Crippen molar-refractivity contribution in [2.24, 2.45) is 4.99 Å². The molecule has 2 heterocycles. The van der Waals surface area contributed by atoms with Crippen molar-refractivity contribution < 1.29 is 23.7 Å². The van der Waals surface area contributed by atoms with Gasteiger partial charge in [-0.3, -0.25) is 9.36 Å². The minimum atomic E-state index is -0.764. The summed E-state index contributed by atoms with van der Waals surface area (Å²) in [4.78, 5) is 31.8. The molecule has 0 aliphatic carbocycles. The maximum atomic E-state index is 14.0. The lowest BCUT2D eigenvalue weighted by atomic mass is 9.97. The first-order chi connectivity index (χ1) is 21.2. The van der Waals surface area contributed by atoms with Crippen LogP contribution in [0.4, 0.5) is 0 Å². The average Bonchev–Trinajstić information content (AvgIpc) is 3.32. The van der Waals surface area contributed by atoms with Crippen molar-refractivity contribution in [3.8, 4) is 17.2 Å². The van der Waals surface area contributed by atoms with E-state index in [9.17, 15) is 9.59 Å². The third-order valence-electron chi connectivity index (χ3n) is 6.62. The van der Waals surface area contributed by atoms with Crippen molar-refractivity contribution in [1.82, 2.24) is 4.57 Å². The van der Waals surface area contributed by atoms with Crippen LogP contribution in [0, 0.1) is 7.14 Å². The van der Waals surface area contributed by atoms with E-state index in [4.69, 9.17) is 18.9 Å². The van der Waals surface area contributed by atoms with E-state index >= 15 is 0 Å². The van der Waals surface area contributed by atoms with Crippen LogP contribution in [0.5, 0.6) is 17.2 Å². The standard InChI is InChI=1S/C32H27BrI2N2O6S/c1-4-41-25-11-8-20(15-26(25)42-5-2)28-22(31(39)40-3)16-36-32-37(28)30(38)27(44-32)14-19-12-23(33)29(24(35)13-19)43-17-18-6-9-21(34)10-7-18/h6-16,28H,4-5,17H2,1-3H3/b27-14-/t28-/m1/s1. The van der Waals surface area contributed by atoms with Gasteiger partial charge in [-0.25, -0.2) is 9.79 Å². The molecule has 0 unspecified atom stereocenters. The number of methoxy groups -OCH3 is 1. The van der Waals surface area contributed by atoms with Crippen LogP contribution in [0.2, 0.25) is 0 Å². The van der Waals surface area contributed by atoms with Gasteiger partial charge < -0.3 is 18.9 Å². The van der Waals surface area contributed by atoms with Crippen LogP contribution in [0.15, 0.2) is 80.6 Å². The Kier molecular flexibility index (Phi) is 10.9. The third-order valence-corrected chi connectivity index (χ3v) is 9.73. The molecule has 1 aliphatic heterocycles. The van der Waals surface area contributed by atoms with E-state index in [-0.39, 0.29) is 11.1 Å². The molecule has 0 saturated carbocycles. The molecular weight excluding hydrogens is 874 g/mol. The Morgan fingerprint density at radius 1 is 1.02 bits per heavy atom. The van der Waals surface area contributed by atoms with E-state index in [0.29, 0.717) is 46.2 Å². The van der Waals surface area contributed by atoms with Gasteiger partial charge in [0.1, 0.15) is 12.4 Å². The van der Waals surface area contributed by atoms with Gasteiger partial charge in [-0.2, -0.15) is 0 Å². The smallest absolute Gasteiger partial charge is 0.337 e. The quantitative estimate of drug-likeness (QED) is 0.136. The van der Waals surface area contributed by atoms with Gasteiger partial charge in [0.25, 0.3) is 5.56 Å². The Hall–Kier alpha value is -2.69. The molecule has 0 bridgehead atoms. The van der Waals surface area contributed by atoms with Crippen LogP contribution in [0.25, 0.3) is 6.08 Å². The van der Waals surface area contributed by atoms with Gasteiger partial charge in [-0.15, -0.1) is 0 Å². The minimum absolute atomic E-state index is 0.241. The summed E-state index contributed by atoms with van der Waals surface area (Å²) in [5.74, 6) is 1.27. The number of esters is 1. The SMILES string of the molecule is CCOc1ccc([C@@H]2C(C(=O)OC)=CN=c3s/c(=C\c4cc(Br)c(OCc5ccc(I)cc5)c(I)c4)c(=O)n32)cc1OCC. The van der Waals surface area contributed by atoms with Crippen molar-refractivity contribution in [2.45, 2.75) is 26.5 Å². The fourth-order valence-corrected chi connectivity index (χ4v) is 7.77. The Morgan fingerprint density at radius 2 is 1.75 bits per heavy atom. The molecule has 1 aliphatic rings. The first-order valence-corrected chi connectivity index (χ1v) is 17.4. The van der Waals surface area contributed by atoms with Gasteiger partial charge in [0.15, 0.2) is 16.3 Å². The fraction of sp³-hybridized carbons (Fsp3) is 0.219. The van der Waals surface area contributed by atoms with E-state index in [0.717, 1.165) is 24.9 Å². The number of thiazole rings is 1. The number of carbonyl (C=O) groups excluding carboxylic acids is 1. The molecule has 0 N–H and O–H groups in total. The molecule has 3 aromatic carbocycles. The second kappa shape index (κ2) is 14.6. The van der Waals surface area contributed by atoms with Crippen molar-refractivity contribution in [3.05, 3.63) is 114 Å². The van der Waals surface area contributed by atoms with E-state index in [1.807, 2.05) is 62.4 Å². The highest BCUT2D eigenvalue weighted by molar-refractivity contribution is 14.1. The number of nitrogens with zero attached hydrogens (tertiary/aromatic N) is 2. The number of benzene rings is 3. The molecule has 0 spiro atoms. The zero-order valence-electron chi connectivity index (χ0n) is 23.9. The van der Waals surface area contributed by atoms with E-state index < -0.39 is 12.0 Å². The highest BCUT2D eigenvalue weighted by atomic mass is 127. The number of aromatic nitrogens is 1. The van der Waals surface area contributed by atoms with Gasteiger partial charge in [-0.05, 0) is 134 Å². The summed E-state index contributed by atoms with van der Waals surface area (Å²) in [7, 11) is 1.31. The molecule has 0 radical (unpaired) electrons. The van der Waals surface area contributed by atoms with E-state index in [1.165, 1.54) is 32.8 Å². The predicted molar refractivity (Wildman–Crippen MR) is 190 cm³/mol. The summed E-state index contributed by atoms with van der Waals surface area (Å²) in [5.41, 5.74) is 2.52. The molecule has 12 heteroatoms.